The second kappa shape index (κ2) is 9.95. The van der Waals surface area contributed by atoms with Gasteiger partial charge in [-0.15, -0.1) is 0 Å². The summed E-state index contributed by atoms with van der Waals surface area (Å²) in [6.45, 7) is 7.46. The van der Waals surface area contributed by atoms with Crippen molar-refractivity contribution in [1.82, 2.24) is 29.7 Å². The summed E-state index contributed by atoms with van der Waals surface area (Å²) in [4.78, 5) is 42.6. The van der Waals surface area contributed by atoms with E-state index in [1.807, 2.05) is 13.0 Å². The highest BCUT2D eigenvalue weighted by atomic mass is 16.1. The van der Waals surface area contributed by atoms with Gasteiger partial charge in [0.2, 0.25) is 5.95 Å². The third-order valence-electron chi connectivity index (χ3n) is 8.39. The Labute approximate surface area is 216 Å². The third-order valence-corrected chi connectivity index (χ3v) is 8.39. The van der Waals surface area contributed by atoms with E-state index in [2.05, 4.69) is 26.6 Å². The molecule has 37 heavy (non-hydrogen) atoms. The summed E-state index contributed by atoms with van der Waals surface area (Å²) in [6, 6.07) is 4.87. The maximum atomic E-state index is 13.4. The van der Waals surface area contributed by atoms with Crippen molar-refractivity contribution in [3.8, 4) is 0 Å². The molecule has 1 saturated heterocycles. The predicted molar refractivity (Wildman–Crippen MR) is 144 cm³/mol. The number of hydrogen-bond donors (Lipinski definition) is 2. The molecule has 0 aromatic carbocycles. The van der Waals surface area contributed by atoms with Crippen LogP contribution in [0.1, 0.15) is 78.7 Å². The van der Waals surface area contributed by atoms with Gasteiger partial charge in [-0.3, -0.25) is 19.1 Å². The van der Waals surface area contributed by atoms with E-state index in [-0.39, 0.29) is 22.9 Å². The molecule has 5 heterocycles. The summed E-state index contributed by atoms with van der Waals surface area (Å²) in [6.07, 6.45) is 9.07. The molecule has 1 aliphatic carbocycles. The van der Waals surface area contributed by atoms with Crippen molar-refractivity contribution in [2.45, 2.75) is 77.4 Å². The Morgan fingerprint density at radius 1 is 1.08 bits per heavy atom. The average Bonchev–Trinajstić information content (AvgIpc) is 3.43. The number of pyridine rings is 2. The summed E-state index contributed by atoms with van der Waals surface area (Å²) in [5, 5.41) is 7.48. The topological polar surface area (TPSA) is 105 Å². The van der Waals surface area contributed by atoms with Crippen molar-refractivity contribution in [2.24, 2.45) is 0 Å². The van der Waals surface area contributed by atoms with E-state index in [4.69, 9.17) is 9.97 Å². The molecule has 9 nitrogen and oxygen atoms in total. The van der Waals surface area contributed by atoms with Gasteiger partial charge in [-0.05, 0) is 69.8 Å². The Hall–Kier alpha value is -3.17. The molecule has 0 radical (unpaired) electrons. The summed E-state index contributed by atoms with van der Waals surface area (Å²) in [7, 11) is 0. The number of piperidine rings is 1. The number of anilines is 2. The van der Waals surface area contributed by atoms with Gasteiger partial charge in [0, 0.05) is 48.9 Å². The number of carbonyl (C=O) groups excluding carboxylic acids is 1. The molecule has 1 saturated carbocycles. The van der Waals surface area contributed by atoms with Gasteiger partial charge in [-0.25, -0.2) is 9.97 Å². The van der Waals surface area contributed by atoms with E-state index < -0.39 is 0 Å². The lowest BCUT2D eigenvalue weighted by Crippen LogP contribution is -2.45. The minimum Gasteiger partial charge on any atom is -0.317 e. The molecular formula is C28H35N7O2. The molecule has 2 aliphatic heterocycles. The van der Waals surface area contributed by atoms with Gasteiger partial charge < -0.3 is 10.6 Å². The number of ketones is 1. The lowest BCUT2D eigenvalue weighted by Gasteiger charge is -2.37. The number of nitrogens with one attached hydrogen (secondary N) is 2. The Morgan fingerprint density at radius 3 is 2.62 bits per heavy atom. The summed E-state index contributed by atoms with van der Waals surface area (Å²) >= 11 is 0. The number of nitrogens with zero attached hydrogens (tertiary/aromatic N) is 5. The first-order chi connectivity index (χ1) is 18.0. The molecule has 0 unspecified atom stereocenters. The van der Waals surface area contributed by atoms with Crippen LogP contribution in [0.15, 0.2) is 23.1 Å². The number of aryl methyl sites for hydroxylation is 1. The molecule has 0 amide bonds. The smallest absolute Gasteiger partial charge is 0.263 e. The molecule has 0 bridgehead atoms. The van der Waals surface area contributed by atoms with Crippen molar-refractivity contribution in [2.75, 3.05) is 25.0 Å². The highest BCUT2D eigenvalue weighted by molar-refractivity contribution is 5.99. The zero-order chi connectivity index (χ0) is 25.5. The van der Waals surface area contributed by atoms with Crippen LogP contribution in [0.5, 0.6) is 0 Å². The predicted octanol–water partition coefficient (Wildman–Crippen LogP) is 3.67. The summed E-state index contributed by atoms with van der Waals surface area (Å²) in [5.74, 6) is 0.906. The van der Waals surface area contributed by atoms with Crippen LogP contribution in [0.2, 0.25) is 0 Å². The fourth-order valence-electron chi connectivity index (χ4n) is 6.41. The molecule has 0 spiro atoms. The Morgan fingerprint density at radius 2 is 1.86 bits per heavy atom. The van der Waals surface area contributed by atoms with Crippen LogP contribution in [-0.2, 0) is 13.0 Å². The highest BCUT2D eigenvalue weighted by Gasteiger charge is 2.27. The second-order valence-corrected chi connectivity index (χ2v) is 10.7. The van der Waals surface area contributed by atoms with Crippen molar-refractivity contribution in [1.29, 1.82) is 0 Å². The maximum absolute atomic E-state index is 13.4. The van der Waals surface area contributed by atoms with Crippen LogP contribution in [0.25, 0.3) is 11.0 Å². The standard InChI is InChI=1S/C28H35N7O2/c1-17-22-15-30-28(33-26(22)35(21-5-3-4-6-21)27(37)25(17)18(2)36)32-24-8-7-19-16-34(14-11-23(19)31-24)20-9-12-29-13-10-20/h7-8,15,20-21,29H,3-6,9-14,16H2,1-2H3,(H,30,31,32,33). The van der Waals surface area contributed by atoms with Crippen molar-refractivity contribution >= 4 is 28.6 Å². The van der Waals surface area contributed by atoms with Crippen LogP contribution in [0, 0.1) is 6.92 Å². The van der Waals surface area contributed by atoms with Crippen molar-refractivity contribution in [3.05, 3.63) is 51.1 Å². The van der Waals surface area contributed by atoms with Gasteiger partial charge in [0.05, 0.1) is 5.56 Å². The lowest BCUT2D eigenvalue weighted by molar-refractivity contribution is 0.101. The van der Waals surface area contributed by atoms with E-state index in [1.165, 1.54) is 25.3 Å². The molecule has 3 aliphatic rings. The summed E-state index contributed by atoms with van der Waals surface area (Å²) in [5.41, 5.74) is 3.67. The van der Waals surface area contributed by atoms with Crippen LogP contribution >= 0.6 is 0 Å². The largest absolute Gasteiger partial charge is 0.317 e. The normalized spacial score (nSPS) is 19.3. The van der Waals surface area contributed by atoms with Crippen LogP contribution in [-0.4, -0.2) is 55.9 Å². The fraction of sp³-hybridized carbons (Fsp3) is 0.536. The fourth-order valence-corrected chi connectivity index (χ4v) is 6.41. The van der Waals surface area contributed by atoms with Gasteiger partial charge in [0.1, 0.15) is 11.5 Å². The van der Waals surface area contributed by atoms with Crippen molar-refractivity contribution < 1.29 is 4.79 Å². The second-order valence-electron chi connectivity index (χ2n) is 10.7. The SMILES string of the molecule is CC(=O)c1c(C)c2cnc(Nc3ccc4c(n3)CCN(C3CCNCC3)C4)nc2n(C2CCCC2)c1=O. The molecule has 3 aromatic heterocycles. The van der Waals surface area contributed by atoms with Gasteiger partial charge in [-0.1, -0.05) is 18.9 Å². The molecule has 0 atom stereocenters. The molecule has 9 heteroatoms. The minimum absolute atomic E-state index is 0.0567. The molecule has 2 fully saturated rings. The van der Waals surface area contributed by atoms with Crippen LogP contribution < -0.4 is 16.2 Å². The first-order valence-corrected chi connectivity index (χ1v) is 13.6. The van der Waals surface area contributed by atoms with Gasteiger partial charge in [-0.2, -0.15) is 4.98 Å². The van der Waals surface area contributed by atoms with E-state index in [1.54, 1.807) is 10.8 Å². The Bertz CT molecular complexity index is 1400. The number of Topliss-reactive ketones (excluding diaryl/α,β-unsaturated/α-hetero) is 1. The molecular weight excluding hydrogens is 466 g/mol. The van der Waals surface area contributed by atoms with Crippen LogP contribution in [0.4, 0.5) is 11.8 Å². The van der Waals surface area contributed by atoms with Crippen LogP contribution in [0.3, 0.4) is 0 Å². The van der Waals surface area contributed by atoms with Gasteiger partial charge >= 0.3 is 0 Å². The highest BCUT2D eigenvalue weighted by Crippen LogP contribution is 2.32. The molecule has 2 N–H and O–H groups in total. The van der Waals surface area contributed by atoms with E-state index in [9.17, 15) is 9.59 Å². The lowest BCUT2D eigenvalue weighted by atomic mass is 9.99. The quantitative estimate of drug-likeness (QED) is 0.511. The Kier molecular flexibility index (Phi) is 6.50. The summed E-state index contributed by atoms with van der Waals surface area (Å²) < 4.78 is 1.74. The number of aromatic nitrogens is 4. The van der Waals surface area contributed by atoms with Gasteiger partial charge in [0.15, 0.2) is 5.78 Å². The zero-order valence-corrected chi connectivity index (χ0v) is 21.7. The Balaban J connectivity index is 1.30. The molecule has 6 rings (SSSR count). The van der Waals surface area contributed by atoms with E-state index in [0.717, 1.165) is 69.4 Å². The van der Waals surface area contributed by atoms with E-state index >= 15 is 0 Å². The van der Waals surface area contributed by atoms with E-state index in [0.29, 0.717) is 29.0 Å². The van der Waals surface area contributed by atoms with Gasteiger partial charge in [0.25, 0.3) is 5.56 Å². The number of rotatable bonds is 5. The zero-order valence-electron chi connectivity index (χ0n) is 21.7. The molecule has 194 valence electrons. The monoisotopic (exact) mass is 501 g/mol. The maximum Gasteiger partial charge on any atom is 0.263 e. The van der Waals surface area contributed by atoms with Crippen molar-refractivity contribution in [3.63, 3.8) is 0 Å². The first kappa shape index (κ1) is 24.2. The number of hydrogen-bond acceptors (Lipinski definition) is 8. The number of fused-ring (bicyclic) bond motifs is 2. The number of carbonyl (C=O) groups is 1. The minimum atomic E-state index is -0.237. The third kappa shape index (κ3) is 4.55. The molecule has 3 aromatic rings. The first-order valence-electron chi connectivity index (χ1n) is 13.6. The average molecular weight is 502 g/mol.